The lowest BCUT2D eigenvalue weighted by Crippen LogP contribution is -2.33. The molecule has 0 fully saturated rings. The van der Waals surface area contributed by atoms with E-state index in [-0.39, 0.29) is 0 Å². The fourth-order valence-corrected chi connectivity index (χ4v) is 6.04. The summed E-state index contributed by atoms with van der Waals surface area (Å²) in [5.41, 5.74) is 12.9. The van der Waals surface area contributed by atoms with Gasteiger partial charge in [0, 0.05) is 28.5 Å². The van der Waals surface area contributed by atoms with Gasteiger partial charge in [-0.25, -0.2) is 0 Å². The molecule has 0 atom stereocenters. The first-order valence-corrected chi connectivity index (χ1v) is 13.4. The molecule has 0 bridgehead atoms. The van der Waals surface area contributed by atoms with Crippen molar-refractivity contribution < 1.29 is 4.57 Å². The van der Waals surface area contributed by atoms with Gasteiger partial charge in [0.15, 0.2) is 0 Å². The molecule has 0 amide bonds. The lowest BCUT2D eigenvalue weighted by atomic mass is 9.95. The zero-order chi connectivity index (χ0) is 25.8. The van der Waals surface area contributed by atoms with Crippen LogP contribution in [0, 0.1) is 26.7 Å². The van der Waals surface area contributed by atoms with Gasteiger partial charge in [-0.3, -0.25) is 0 Å². The van der Waals surface area contributed by atoms with Gasteiger partial charge in [0.25, 0.3) is 0 Å². The number of benzene rings is 4. The lowest BCUT2D eigenvalue weighted by molar-refractivity contribution is -0.633. The second-order valence-corrected chi connectivity index (χ2v) is 11.0. The van der Waals surface area contributed by atoms with E-state index in [4.69, 9.17) is 0 Å². The maximum Gasteiger partial charge on any atom is 0.215 e. The lowest BCUT2D eigenvalue weighted by Gasteiger charge is -2.16. The highest BCUT2D eigenvalue weighted by atomic mass is 15.0. The number of aryl methyl sites for hydroxylation is 3. The second-order valence-electron chi connectivity index (χ2n) is 11.0. The summed E-state index contributed by atoms with van der Waals surface area (Å²) in [6, 6.07) is 31.7. The summed E-state index contributed by atoms with van der Waals surface area (Å²) in [7, 11) is 2.21. The molecule has 0 saturated heterocycles. The van der Waals surface area contributed by atoms with Crippen LogP contribution in [0.2, 0.25) is 0 Å². The van der Waals surface area contributed by atoms with E-state index < -0.39 is 0 Å². The summed E-state index contributed by atoms with van der Waals surface area (Å²) in [6.07, 6.45) is 1.07. The quantitative estimate of drug-likeness (QED) is 0.222. The topological polar surface area (TPSA) is 8.81 Å². The summed E-state index contributed by atoms with van der Waals surface area (Å²) in [5.74, 6) is 0.611. The van der Waals surface area contributed by atoms with Gasteiger partial charge in [0.05, 0.1) is 22.1 Å². The van der Waals surface area contributed by atoms with Crippen LogP contribution in [0.3, 0.4) is 0 Å². The summed E-state index contributed by atoms with van der Waals surface area (Å²) >= 11 is 0. The van der Waals surface area contributed by atoms with Crippen LogP contribution in [0.4, 0.5) is 0 Å². The third kappa shape index (κ3) is 3.83. The zero-order valence-corrected chi connectivity index (χ0v) is 22.8. The van der Waals surface area contributed by atoms with Crippen LogP contribution in [0.25, 0.3) is 49.7 Å². The van der Waals surface area contributed by atoms with Crippen LogP contribution in [0.1, 0.15) is 36.1 Å². The van der Waals surface area contributed by atoms with Crippen LogP contribution >= 0.6 is 0 Å². The predicted octanol–water partition coefficient (Wildman–Crippen LogP) is 8.55. The molecule has 0 N–H and O–H groups in total. The molecular formula is C35H35N2+. The minimum atomic E-state index is 0.611. The molecule has 2 heteroatoms. The first-order chi connectivity index (χ1) is 17.8. The van der Waals surface area contributed by atoms with Gasteiger partial charge in [-0.05, 0) is 74.1 Å². The van der Waals surface area contributed by atoms with E-state index in [1.54, 1.807) is 0 Å². The monoisotopic (exact) mass is 483 g/mol. The fourth-order valence-electron chi connectivity index (χ4n) is 6.04. The van der Waals surface area contributed by atoms with Crippen LogP contribution in [-0.2, 0) is 13.5 Å². The van der Waals surface area contributed by atoms with Gasteiger partial charge < -0.3 is 4.57 Å². The van der Waals surface area contributed by atoms with Crippen molar-refractivity contribution in [1.29, 1.82) is 0 Å². The highest BCUT2D eigenvalue weighted by molar-refractivity contribution is 6.10. The van der Waals surface area contributed by atoms with Gasteiger partial charge in [0.1, 0.15) is 7.05 Å². The summed E-state index contributed by atoms with van der Waals surface area (Å²) in [4.78, 5) is 0. The van der Waals surface area contributed by atoms with E-state index >= 15 is 0 Å². The van der Waals surface area contributed by atoms with Crippen LogP contribution in [-0.4, -0.2) is 4.57 Å². The van der Waals surface area contributed by atoms with E-state index in [1.165, 1.54) is 71.9 Å². The molecule has 0 unspecified atom stereocenters. The summed E-state index contributed by atoms with van der Waals surface area (Å²) < 4.78 is 4.86. The number of para-hydroxylation sites is 2. The normalized spacial score (nSPS) is 11.9. The Hall–Kier alpha value is -3.91. The Balaban J connectivity index is 1.78. The number of fused-ring (bicyclic) bond motifs is 4. The van der Waals surface area contributed by atoms with Gasteiger partial charge in [-0.2, -0.15) is 4.57 Å². The standard InChI is InChI=1S/C35H35N2/c1-22(2)17-26-15-16-31-30(20-26)35(21-34(36(31)6)29-19-23(3)18-24(4)25(29)5)37-32-13-9-7-11-27(32)28-12-8-10-14-33(28)37/h7-16,18-22H,17H2,1-6H3/q+1. The Labute approximate surface area is 219 Å². The van der Waals surface area contributed by atoms with Gasteiger partial charge in [-0.15, -0.1) is 0 Å². The average molecular weight is 484 g/mol. The van der Waals surface area contributed by atoms with E-state index in [0.717, 1.165) is 6.42 Å². The molecule has 37 heavy (non-hydrogen) atoms. The van der Waals surface area contributed by atoms with Crippen molar-refractivity contribution in [2.24, 2.45) is 13.0 Å². The molecule has 0 spiro atoms. The highest BCUT2D eigenvalue weighted by Gasteiger charge is 2.23. The van der Waals surface area contributed by atoms with Crippen molar-refractivity contribution in [3.8, 4) is 16.9 Å². The van der Waals surface area contributed by atoms with Crippen molar-refractivity contribution in [3.63, 3.8) is 0 Å². The van der Waals surface area contributed by atoms with E-state index in [0.29, 0.717) is 5.92 Å². The molecule has 2 nitrogen and oxygen atoms in total. The summed E-state index contributed by atoms with van der Waals surface area (Å²) in [5, 5.41) is 3.88. The molecule has 6 rings (SSSR count). The summed E-state index contributed by atoms with van der Waals surface area (Å²) in [6.45, 7) is 11.3. The Kier molecular flexibility index (Phi) is 5.64. The van der Waals surface area contributed by atoms with Crippen molar-refractivity contribution in [1.82, 2.24) is 4.57 Å². The number of rotatable bonds is 4. The Morgan fingerprint density at radius 3 is 2.03 bits per heavy atom. The maximum absolute atomic E-state index is 2.48. The number of hydrogen-bond donors (Lipinski definition) is 0. The van der Waals surface area contributed by atoms with Crippen molar-refractivity contribution in [2.75, 3.05) is 0 Å². The zero-order valence-electron chi connectivity index (χ0n) is 22.8. The fraction of sp³-hybridized carbons (Fsp3) is 0.229. The van der Waals surface area contributed by atoms with Crippen molar-refractivity contribution in [2.45, 2.75) is 41.0 Å². The third-order valence-corrected chi connectivity index (χ3v) is 7.89. The van der Waals surface area contributed by atoms with E-state index in [1.807, 2.05) is 0 Å². The molecule has 0 saturated carbocycles. The maximum atomic E-state index is 2.48. The van der Waals surface area contributed by atoms with E-state index in [2.05, 4.69) is 136 Å². The molecule has 0 aliphatic heterocycles. The van der Waals surface area contributed by atoms with Gasteiger partial charge in [0.2, 0.25) is 11.2 Å². The largest absolute Gasteiger partial charge is 0.308 e. The minimum absolute atomic E-state index is 0.611. The Morgan fingerprint density at radius 2 is 1.38 bits per heavy atom. The molecule has 0 radical (unpaired) electrons. The smallest absolute Gasteiger partial charge is 0.215 e. The molecule has 6 aromatic rings. The SMILES string of the molecule is Cc1cc(C)c(C)c(-c2cc(-n3c4ccccc4c4ccccc43)c3cc(CC(C)C)ccc3[n+]2C)c1. The first kappa shape index (κ1) is 23.5. The Bertz CT molecular complexity index is 1760. The second kappa shape index (κ2) is 8.88. The Morgan fingerprint density at radius 1 is 0.730 bits per heavy atom. The van der Waals surface area contributed by atoms with Gasteiger partial charge >= 0.3 is 0 Å². The first-order valence-electron chi connectivity index (χ1n) is 13.4. The van der Waals surface area contributed by atoms with Crippen molar-refractivity contribution >= 4 is 32.7 Å². The minimum Gasteiger partial charge on any atom is -0.308 e. The third-order valence-electron chi connectivity index (χ3n) is 7.89. The molecule has 0 aliphatic carbocycles. The number of aromatic nitrogens is 2. The van der Waals surface area contributed by atoms with Crippen LogP contribution in [0.5, 0.6) is 0 Å². The molecular weight excluding hydrogens is 448 g/mol. The van der Waals surface area contributed by atoms with Crippen LogP contribution in [0.15, 0.2) is 84.9 Å². The van der Waals surface area contributed by atoms with Crippen LogP contribution < -0.4 is 4.57 Å². The molecule has 4 aromatic carbocycles. The average Bonchev–Trinajstić information content (AvgIpc) is 3.21. The number of hydrogen-bond acceptors (Lipinski definition) is 0. The highest BCUT2D eigenvalue weighted by Crippen LogP contribution is 2.36. The van der Waals surface area contributed by atoms with Crippen molar-refractivity contribution in [3.05, 3.63) is 107 Å². The number of nitrogens with zero attached hydrogens (tertiary/aromatic N) is 2. The molecule has 0 aliphatic rings. The predicted molar refractivity (Wildman–Crippen MR) is 158 cm³/mol. The van der Waals surface area contributed by atoms with Gasteiger partial charge in [-0.1, -0.05) is 67.9 Å². The molecule has 2 aromatic heterocycles. The van der Waals surface area contributed by atoms with E-state index in [9.17, 15) is 0 Å². The number of pyridine rings is 1. The molecule has 2 heterocycles. The molecule has 184 valence electrons.